The number of benzene rings is 1. The summed E-state index contributed by atoms with van der Waals surface area (Å²) >= 11 is 0. The van der Waals surface area contributed by atoms with Gasteiger partial charge < -0.3 is 0 Å². The molecule has 0 unspecified atom stereocenters. The largest absolute Gasteiger partial charge is 0.256 e. The molecule has 0 atom stereocenters. The van der Waals surface area contributed by atoms with Gasteiger partial charge >= 0.3 is 0 Å². The Morgan fingerprint density at radius 2 is 1.82 bits per heavy atom. The molecule has 0 aliphatic heterocycles. The van der Waals surface area contributed by atoms with Crippen molar-refractivity contribution in [2.24, 2.45) is 4.99 Å². The molecule has 1 aromatic carbocycles. The Hall–Kier alpha value is -1.96. The molecule has 0 saturated heterocycles. The summed E-state index contributed by atoms with van der Waals surface area (Å²) in [6.07, 6.45) is 11.5. The van der Waals surface area contributed by atoms with Gasteiger partial charge in [0.15, 0.2) is 0 Å². The number of hydrogen-bond donors (Lipinski definition) is 0. The highest BCUT2D eigenvalue weighted by Gasteiger charge is 1.90. The lowest BCUT2D eigenvalue weighted by Crippen LogP contribution is -1.79. The molecule has 0 bridgehead atoms. The summed E-state index contributed by atoms with van der Waals surface area (Å²) in [5, 5.41) is 0. The molecule has 0 fully saturated rings. The van der Waals surface area contributed by atoms with E-state index in [2.05, 4.69) is 4.99 Å². The second-order valence-corrected chi connectivity index (χ2v) is 3.43. The Balaban J connectivity index is 2.83. The maximum Gasteiger partial charge on any atom is 0.123 e. The summed E-state index contributed by atoms with van der Waals surface area (Å²) in [6, 6.07) is 6.10. The predicted molar refractivity (Wildman–Crippen MR) is 72.3 cm³/mol. The van der Waals surface area contributed by atoms with Crippen LogP contribution >= 0.6 is 0 Å². The van der Waals surface area contributed by atoms with Gasteiger partial charge in [0, 0.05) is 6.21 Å². The van der Waals surface area contributed by atoms with Crippen molar-refractivity contribution < 1.29 is 4.39 Å². The van der Waals surface area contributed by atoms with Gasteiger partial charge in [-0.05, 0) is 43.7 Å². The third-order valence-corrected chi connectivity index (χ3v) is 2.03. The first-order chi connectivity index (χ1) is 8.26. The van der Waals surface area contributed by atoms with Crippen LogP contribution in [0.4, 0.5) is 10.1 Å². The lowest BCUT2D eigenvalue weighted by atomic mass is 10.2. The van der Waals surface area contributed by atoms with Crippen LogP contribution < -0.4 is 0 Å². The number of aliphatic imine (C=N–C) groups is 1. The molecule has 0 aliphatic rings. The van der Waals surface area contributed by atoms with Gasteiger partial charge in [0.1, 0.15) is 5.82 Å². The van der Waals surface area contributed by atoms with E-state index in [0.717, 1.165) is 11.3 Å². The van der Waals surface area contributed by atoms with Crippen LogP contribution in [0.3, 0.4) is 0 Å². The van der Waals surface area contributed by atoms with E-state index < -0.39 is 0 Å². The molecule has 0 saturated carbocycles. The Morgan fingerprint density at radius 3 is 2.41 bits per heavy atom. The van der Waals surface area contributed by atoms with Crippen LogP contribution in [-0.2, 0) is 0 Å². The van der Waals surface area contributed by atoms with E-state index in [0.29, 0.717) is 0 Å². The van der Waals surface area contributed by atoms with Crippen LogP contribution in [0.1, 0.15) is 13.8 Å². The van der Waals surface area contributed by atoms with E-state index in [1.807, 2.05) is 44.2 Å². The summed E-state index contributed by atoms with van der Waals surface area (Å²) in [4.78, 5) is 4.27. The summed E-state index contributed by atoms with van der Waals surface area (Å²) < 4.78 is 12.7. The lowest BCUT2D eigenvalue weighted by molar-refractivity contribution is 0.628. The standard InChI is InChI=1S/C15H16FN/c1-3-5-7-13(6-4-2)12-17-15-10-8-14(16)9-11-15/h3-12H,1-2H3/b5-3-,6-4-,13-7+,17-12?. The molecule has 0 spiro atoms. The van der Waals surface area contributed by atoms with Crippen molar-refractivity contribution in [3.8, 4) is 0 Å². The number of allylic oxidation sites excluding steroid dienone is 6. The van der Waals surface area contributed by atoms with Gasteiger partial charge in [-0.1, -0.05) is 30.4 Å². The molecule has 88 valence electrons. The quantitative estimate of drug-likeness (QED) is 0.528. The second-order valence-electron chi connectivity index (χ2n) is 3.43. The zero-order valence-corrected chi connectivity index (χ0v) is 10.1. The molecule has 17 heavy (non-hydrogen) atoms. The molecule has 1 nitrogen and oxygen atoms in total. The Morgan fingerprint density at radius 1 is 1.12 bits per heavy atom. The molecule has 0 heterocycles. The van der Waals surface area contributed by atoms with Crippen molar-refractivity contribution in [2.45, 2.75) is 13.8 Å². The average Bonchev–Trinajstić information content (AvgIpc) is 2.35. The second kappa shape index (κ2) is 7.34. The van der Waals surface area contributed by atoms with Gasteiger partial charge in [0.05, 0.1) is 5.69 Å². The normalized spacial score (nSPS) is 13.2. The molecule has 0 amide bonds. The monoisotopic (exact) mass is 229 g/mol. The van der Waals surface area contributed by atoms with Crippen molar-refractivity contribution in [2.75, 3.05) is 0 Å². The van der Waals surface area contributed by atoms with Crippen molar-refractivity contribution in [3.05, 3.63) is 66.0 Å². The van der Waals surface area contributed by atoms with E-state index in [9.17, 15) is 4.39 Å². The predicted octanol–water partition coefficient (Wildman–Crippen LogP) is 4.61. The highest BCUT2D eigenvalue weighted by Crippen LogP contribution is 2.12. The summed E-state index contributed by atoms with van der Waals surface area (Å²) in [5.74, 6) is -0.248. The van der Waals surface area contributed by atoms with Gasteiger partial charge in [0.2, 0.25) is 0 Å². The van der Waals surface area contributed by atoms with Gasteiger partial charge in [-0.2, -0.15) is 0 Å². The van der Waals surface area contributed by atoms with Crippen LogP contribution in [-0.4, -0.2) is 6.21 Å². The smallest absolute Gasteiger partial charge is 0.123 e. The zero-order chi connectivity index (χ0) is 12.5. The minimum absolute atomic E-state index is 0.248. The average molecular weight is 229 g/mol. The topological polar surface area (TPSA) is 12.4 Å². The first kappa shape index (κ1) is 13.1. The van der Waals surface area contributed by atoms with Gasteiger partial charge in [0.25, 0.3) is 0 Å². The third kappa shape index (κ3) is 5.07. The molecule has 0 N–H and O–H groups in total. The van der Waals surface area contributed by atoms with Gasteiger partial charge in [-0.15, -0.1) is 0 Å². The fourth-order valence-corrected chi connectivity index (χ4v) is 1.22. The first-order valence-corrected chi connectivity index (χ1v) is 5.51. The number of nitrogens with zero attached hydrogens (tertiary/aromatic N) is 1. The van der Waals surface area contributed by atoms with Crippen LogP contribution in [0, 0.1) is 5.82 Å². The van der Waals surface area contributed by atoms with E-state index in [1.54, 1.807) is 18.3 Å². The van der Waals surface area contributed by atoms with Gasteiger partial charge in [-0.25, -0.2) is 4.39 Å². The highest BCUT2D eigenvalue weighted by molar-refractivity contribution is 5.84. The van der Waals surface area contributed by atoms with E-state index in [1.165, 1.54) is 12.1 Å². The van der Waals surface area contributed by atoms with Crippen LogP contribution in [0.5, 0.6) is 0 Å². The Kier molecular flexibility index (Phi) is 5.66. The maximum atomic E-state index is 12.7. The lowest BCUT2D eigenvalue weighted by Gasteiger charge is -1.94. The molecular weight excluding hydrogens is 213 g/mol. The van der Waals surface area contributed by atoms with E-state index in [-0.39, 0.29) is 5.82 Å². The minimum atomic E-state index is -0.248. The molecule has 1 rings (SSSR count). The van der Waals surface area contributed by atoms with Gasteiger partial charge in [-0.3, -0.25) is 4.99 Å². The fraction of sp³-hybridized carbons (Fsp3) is 0.133. The number of rotatable bonds is 4. The van der Waals surface area contributed by atoms with Crippen LogP contribution in [0.15, 0.2) is 65.2 Å². The number of halogens is 1. The van der Waals surface area contributed by atoms with E-state index in [4.69, 9.17) is 0 Å². The summed E-state index contributed by atoms with van der Waals surface area (Å²) in [5.41, 5.74) is 1.73. The first-order valence-electron chi connectivity index (χ1n) is 5.51. The summed E-state index contributed by atoms with van der Waals surface area (Å²) in [7, 11) is 0. The highest BCUT2D eigenvalue weighted by atomic mass is 19.1. The molecule has 1 aromatic rings. The molecule has 0 radical (unpaired) electrons. The van der Waals surface area contributed by atoms with Crippen molar-refractivity contribution in [3.63, 3.8) is 0 Å². The molecular formula is C15H16FN. The van der Waals surface area contributed by atoms with E-state index >= 15 is 0 Å². The number of hydrogen-bond acceptors (Lipinski definition) is 1. The Bertz CT molecular complexity index is 450. The molecule has 0 aromatic heterocycles. The SMILES string of the molecule is C\C=C/C=C(C=Nc1ccc(F)cc1)\C=C/C. The molecule has 2 heteroatoms. The maximum absolute atomic E-state index is 12.7. The van der Waals surface area contributed by atoms with Crippen molar-refractivity contribution in [1.29, 1.82) is 0 Å². The fourth-order valence-electron chi connectivity index (χ4n) is 1.22. The van der Waals surface area contributed by atoms with Crippen LogP contribution in [0.25, 0.3) is 0 Å². The van der Waals surface area contributed by atoms with Crippen molar-refractivity contribution in [1.82, 2.24) is 0 Å². The van der Waals surface area contributed by atoms with Crippen molar-refractivity contribution >= 4 is 11.9 Å². The summed E-state index contributed by atoms with van der Waals surface area (Å²) in [6.45, 7) is 3.91. The zero-order valence-electron chi connectivity index (χ0n) is 10.1. The third-order valence-electron chi connectivity index (χ3n) is 2.03. The minimum Gasteiger partial charge on any atom is -0.256 e. The molecule has 0 aliphatic carbocycles. The Labute approximate surface area is 102 Å². The van der Waals surface area contributed by atoms with Crippen LogP contribution in [0.2, 0.25) is 0 Å².